The Kier molecular flexibility index (Phi) is 10.3. The number of rotatable bonds is 6. The van der Waals surface area contributed by atoms with Gasteiger partial charge in [-0.2, -0.15) is 0 Å². The predicted octanol–water partition coefficient (Wildman–Crippen LogP) is 14.1. The minimum atomic E-state index is -2.23. The third-order valence-corrected chi connectivity index (χ3v) is 24.9. The van der Waals surface area contributed by atoms with Crippen molar-refractivity contribution in [1.29, 1.82) is 0 Å². The molecule has 4 aromatic carbocycles. The first kappa shape index (κ1) is 37.2. The second-order valence-corrected chi connectivity index (χ2v) is 27.7. The van der Waals surface area contributed by atoms with Gasteiger partial charge in [-0.1, -0.05) is 94.9 Å². The SMILES string of the molecule is CC(C)[Si](C#Cc1c2cc3ccsc3cc2c(C#C[Si](C(C)C)(C(C)C)C(C)C)c2cc3c(F)c(F)c(F)c(F)c3cc12)(C(C)C)C(C)C. The van der Waals surface area contributed by atoms with E-state index in [1.54, 1.807) is 11.3 Å². The average molecular weight is 717 g/mol. The third-order valence-electron chi connectivity index (χ3n) is 11.4. The summed E-state index contributed by atoms with van der Waals surface area (Å²) in [6.45, 7) is 27.0. The molecule has 0 nitrogen and oxygen atoms in total. The smallest absolute Gasteiger partial charge is 0.198 e. The molecule has 0 amide bonds. The molecule has 0 unspecified atom stereocenters. The first-order valence-electron chi connectivity index (χ1n) is 17.5. The fourth-order valence-electron chi connectivity index (χ4n) is 9.00. The molecule has 0 fully saturated rings. The van der Waals surface area contributed by atoms with Gasteiger partial charge in [0, 0.05) is 32.0 Å². The third kappa shape index (κ3) is 5.84. The molecule has 1 aromatic heterocycles. The number of thiophene rings is 1. The van der Waals surface area contributed by atoms with Crippen molar-refractivity contribution < 1.29 is 17.6 Å². The molecular formula is C42H48F4SSi2. The molecule has 7 heteroatoms. The van der Waals surface area contributed by atoms with Gasteiger partial charge >= 0.3 is 0 Å². The Balaban J connectivity index is 2.09. The summed E-state index contributed by atoms with van der Waals surface area (Å²) < 4.78 is 61.5. The van der Waals surface area contributed by atoms with Crippen LogP contribution in [0.1, 0.15) is 94.2 Å². The van der Waals surface area contributed by atoms with Crippen LogP contribution in [0.5, 0.6) is 0 Å². The molecule has 49 heavy (non-hydrogen) atoms. The summed E-state index contributed by atoms with van der Waals surface area (Å²) in [5.74, 6) is 0.848. The highest BCUT2D eigenvalue weighted by Crippen LogP contribution is 2.44. The zero-order valence-corrected chi connectivity index (χ0v) is 33.7. The summed E-state index contributed by atoms with van der Waals surface area (Å²) in [7, 11) is -4.46. The van der Waals surface area contributed by atoms with Crippen molar-refractivity contribution in [2.75, 3.05) is 0 Å². The van der Waals surface area contributed by atoms with Gasteiger partial charge < -0.3 is 0 Å². The molecule has 0 N–H and O–H groups in total. The molecule has 0 aliphatic rings. The fourth-order valence-corrected chi connectivity index (χ4v) is 20.2. The number of hydrogen-bond acceptors (Lipinski definition) is 1. The van der Waals surface area contributed by atoms with Crippen LogP contribution in [0.4, 0.5) is 17.6 Å². The van der Waals surface area contributed by atoms with E-state index < -0.39 is 39.4 Å². The molecule has 5 aromatic rings. The Hall–Kier alpha value is -3.11. The molecule has 0 radical (unpaired) electrons. The maximum atomic E-state index is 15.5. The van der Waals surface area contributed by atoms with Gasteiger partial charge in [-0.15, -0.1) is 22.4 Å². The van der Waals surface area contributed by atoms with E-state index in [4.69, 9.17) is 0 Å². The Morgan fingerprint density at radius 3 is 1.18 bits per heavy atom. The summed E-state index contributed by atoms with van der Waals surface area (Å²) >= 11 is 1.63. The predicted molar refractivity (Wildman–Crippen MR) is 210 cm³/mol. The lowest BCUT2D eigenvalue weighted by molar-refractivity contribution is 0.418. The Morgan fingerprint density at radius 1 is 0.469 bits per heavy atom. The van der Waals surface area contributed by atoms with Gasteiger partial charge in [-0.25, -0.2) is 17.6 Å². The molecule has 0 aliphatic carbocycles. The normalized spacial score (nSPS) is 12.9. The Bertz CT molecular complexity index is 2020. The first-order chi connectivity index (χ1) is 22.9. The van der Waals surface area contributed by atoms with E-state index in [1.165, 1.54) is 12.1 Å². The van der Waals surface area contributed by atoms with Crippen LogP contribution < -0.4 is 0 Å². The van der Waals surface area contributed by atoms with Crippen molar-refractivity contribution in [3.8, 4) is 22.9 Å². The lowest BCUT2D eigenvalue weighted by Gasteiger charge is -2.38. The Labute approximate surface area is 295 Å². The maximum Gasteiger partial charge on any atom is 0.198 e. The van der Waals surface area contributed by atoms with Gasteiger partial charge in [0.05, 0.1) is 0 Å². The van der Waals surface area contributed by atoms with E-state index >= 15 is 8.78 Å². The second kappa shape index (κ2) is 13.6. The first-order valence-corrected chi connectivity index (χ1v) is 22.9. The highest BCUT2D eigenvalue weighted by molar-refractivity contribution is 7.17. The summed E-state index contributed by atoms with van der Waals surface area (Å²) in [5, 5.41) is 5.39. The van der Waals surface area contributed by atoms with Crippen molar-refractivity contribution >= 4 is 69.9 Å². The molecular weight excluding hydrogens is 669 g/mol. The number of hydrogen-bond donors (Lipinski definition) is 0. The molecule has 5 rings (SSSR count). The highest BCUT2D eigenvalue weighted by atomic mass is 32.1. The van der Waals surface area contributed by atoms with Crippen LogP contribution in [-0.4, -0.2) is 16.1 Å². The number of benzene rings is 4. The summed E-state index contributed by atoms with van der Waals surface area (Å²) in [4.78, 5) is 0. The van der Waals surface area contributed by atoms with Gasteiger partial charge in [0.1, 0.15) is 16.1 Å². The van der Waals surface area contributed by atoms with Gasteiger partial charge in [0.2, 0.25) is 0 Å². The number of halogens is 4. The quantitative estimate of drug-likeness (QED) is 0.0410. The minimum Gasteiger partial charge on any atom is -0.203 e. The second-order valence-electron chi connectivity index (χ2n) is 15.6. The zero-order chi connectivity index (χ0) is 36.3. The van der Waals surface area contributed by atoms with Crippen LogP contribution in [0.2, 0.25) is 33.2 Å². The molecule has 0 spiro atoms. The van der Waals surface area contributed by atoms with Crippen LogP contribution in [0.15, 0.2) is 35.7 Å². The van der Waals surface area contributed by atoms with Crippen LogP contribution in [-0.2, 0) is 0 Å². The van der Waals surface area contributed by atoms with E-state index in [1.807, 2.05) is 5.38 Å². The van der Waals surface area contributed by atoms with Crippen LogP contribution in [0, 0.1) is 46.2 Å². The average Bonchev–Trinajstić information content (AvgIpc) is 3.48. The number of fused-ring (bicyclic) bond motifs is 4. The minimum absolute atomic E-state index is 0.308. The van der Waals surface area contributed by atoms with E-state index in [0.29, 0.717) is 55.1 Å². The summed E-state index contributed by atoms with van der Waals surface area (Å²) in [6.07, 6.45) is 0. The zero-order valence-electron chi connectivity index (χ0n) is 30.8. The van der Waals surface area contributed by atoms with E-state index in [9.17, 15) is 8.78 Å². The molecule has 0 aliphatic heterocycles. The topological polar surface area (TPSA) is 0 Å². The lowest BCUT2D eigenvalue weighted by atomic mass is 9.89. The van der Waals surface area contributed by atoms with E-state index in [-0.39, 0.29) is 10.8 Å². The van der Waals surface area contributed by atoms with Gasteiger partial charge in [0.25, 0.3) is 0 Å². The van der Waals surface area contributed by atoms with Crippen molar-refractivity contribution in [3.63, 3.8) is 0 Å². The van der Waals surface area contributed by atoms with Crippen molar-refractivity contribution in [3.05, 3.63) is 70.1 Å². The molecule has 0 bridgehead atoms. The van der Waals surface area contributed by atoms with Crippen molar-refractivity contribution in [1.82, 2.24) is 0 Å². The monoisotopic (exact) mass is 716 g/mol. The molecule has 258 valence electrons. The maximum absolute atomic E-state index is 15.5. The molecule has 0 saturated carbocycles. The Morgan fingerprint density at radius 2 is 0.816 bits per heavy atom. The van der Waals surface area contributed by atoms with E-state index in [0.717, 1.165) is 20.9 Å². The van der Waals surface area contributed by atoms with Crippen LogP contribution in [0.25, 0.3) is 42.4 Å². The van der Waals surface area contributed by atoms with Crippen molar-refractivity contribution in [2.24, 2.45) is 0 Å². The lowest BCUT2D eigenvalue weighted by Crippen LogP contribution is -2.43. The summed E-state index contributed by atoms with van der Waals surface area (Å²) in [6, 6.07) is 9.28. The van der Waals surface area contributed by atoms with E-state index in [2.05, 4.69) is 124 Å². The largest absolute Gasteiger partial charge is 0.203 e. The standard InChI is InChI=1S/C42H48F4SSi2/c1-23(2)48(24(3)4,25(5)6)17-14-30-32-19-29-13-16-47-38(29)22-35(32)31(15-18-49(26(7)8,27(9)10)28(11)12)34-21-37-36(20-33(30)34)39(43)41(45)42(46)40(37)44/h13,16,19-28H,1-12H3. The van der Waals surface area contributed by atoms with Crippen LogP contribution >= 0.6 is 11.3 Å². The van der Waals surface area contributed by atoms with Crippen LogP contribution in [0.3, 0.4) is 0 Å². The fraction of sp³-hybridized carbons (Fsp3) is 0.429. The van der Waals surface area contributed by atoms with Crippen molar-refractivity contribution in [2.45, 2.75) is 116 Å². The van der Waals surface area contributed by atoms with Gasteiger partial charge in [-0.05, 0) is 90.5 Å². The molecule has 0 saturated heterocycles. The summed E-state index contributed by atoms with van der Waals surface area (Å²) in [5.41, 5.74) is 11.3. The van der Waals surface area contributed by atoms with Gasteiger partial charge in [0.15, 0.2) is 23.3 Å². The highest BCUT2D eigenvalue weighted by Gasteiger charge is 2.43. The molecule has 1 heterocycles. The van der Waals surface area contributed by atoms with Gasteiger partial charge in [-0.3, -0.25) is 0 Å². The molecule has 0 atom stereocenters.